The number of rotatable bonds is 5. The fourth-order valence-electron chi connectivity index (χ4n) is 5.06. The summed E-state index contributed by atoms with van der Waals surface area (Å²) in [6, 6.07) is 10.0. The molecule has 1 aliphatic heterocycles. The SMILES string of the molecule is CC(=O)NC[C@@H]1[C@@H](c2ccccc2)[C@]12CN(C(=O)Cc1c(C)noc1C)C[C@@H]2O. The number of β-amino-alcohol motifs (C(OH)–C–C–N with tert-alkyl or cyclic N) is 1. The second kappa shape index (κ2) is 7.30. The minimum atomic E-state index is -0.625. The lowest BCUT2D eigenvalue weighted by atomic mass is 9.95. The highest BCUT2D eigenvalue weighted by atomic mass is 16.5. The van der Waals surface area contributed by atoms with Crippen molar-refractivity contribution in [3.05, 3.63) is 52.9 Å². The molecule has 1 saturated carbocycles. The zero-order valence-electron chi connectivity index (χ0n) is 17.0. The molecule has 1 aromatic carbocycles. The highest BCUT2D eigenvalue weighted by Gasteiger charge is 2.71. The van der Waals surface area contributed by atoms with E-state index in [1.807, 2.05) is 25.1 Å². The number of hydrogen-bond acceptors (Lipinski definition) is 5. The Morgan fingerprint density at radius 2 is 2.03 bits per heavy atom. The van der Waals surface area contributed by atoms with Gasteiger partial charge in [0.25, 0.3) is 0 Å². The molecule has 0 bridgehead atoms. The van der Waals surface area contributed by atoms with E-state index in [2.05, 4.69) is 22.6 Å². The van der Waals surface area contributed by atoms with Crippen molar-refractivity contribution < 1.29 is 19.2 Å². The van der Waals surface area contributed by atoms with E-state index < -0.39 is 11.5 Å². The van der Waals surface area contributed by atoms with Crippen molar-refractivity contribution in [3.8, 4) is 0 Å². The van der Waals surface area contributed by atoms with Gasteiger partial charge in [-0.2, -0.15) is 0 Å². The zero-order valence-corrected chi connectivity index (χ0v) is 17.0. The molecule has 2 aliphatic rings. The molecule has 0 unspecified atom stereocenters. The molecule has 1 aliphatic carbocycles. The van der Waals surface area contributed by atoms with Crippen molar-refractivity contribution in [1.29, 1.82) is 0 Å². The Balaban J connectivity index is 1.54. The number of likely N-dealkylation sites (tertiary alicyclic amines) is 1. The number of benzene rings is 1. The van der Waals surface area contributed by atoms with Crippen LogP contribution < -0.4 is 5.32 Å². The van der Waals surface area contributed by atoms with E-state index in [9.17, 15) is 14.7 Å². The molecule has 29 heavy (non-hydrogen) atoms. The van der Waals surface area contributed by atoms with Crippen LogP contribution in [0.25, 0.3) is 0 Å². The topological polar surface area (TPSA) is 95.7 Å². The van der Waals surface area contributed by atoms with Crippen LogP contribution in [0.2, 0.25) is 0 Å². The molecule has 1 saturated heterocycles. The van der Waals surface area contributed by atoms with Crippen molar-refractivity contribution >= 4 is 11.8 Å². The Hall–Kier alpha value is -2.67. The third-order valence-corrected chi connectivity index (χ3v) is 6.63. The van der Waals surface area contributed by atoms with Crippen molar-refractivity contribution in [2.75, 3.05) is 19.6 Å². The van der Waals surface area contributed by atoms with Gasteiger partial charge in [-0.05, 0) is 31.2 Å². The summed E-state index contributed by atoms with van der Waals surface area (Å²) in [7, 11) is 0. The number of nitrogens with one attached hydrogen (secondary N) is 1. The first-order valence-electron chi connectivity index (χ1n) is 10.0. The van der Waals surface area contributed by atoms with Gasteiger partial charge in [0.2, 0.25) is 11.8 Å². The first kappa shape index (κ1) is 19.6. The van der Waals surface area contributed by atoms with Crippen molar-refractivity contribution in [2.24, 2.45) is 11.3 Å². The summed E-state index contributed by atoms with van der Waals surface area (Å²) in [5.41, 5.74) is 2.26. The maximum Gasteiger partial charge on any atom is 0.227 e. The molecule has 7 nitrogen and oxygen atoms in total. The molecule has 2 fully saturated rings. The van der Waals surface area contributed by atoms with Gasteiger partial charge >= 0.3 is 0 Å². The molecule has 7 heteroatoms. The molecule has 2 aromatic rings. The van der Waals surface area contributed by atoms with E-state index >= 15 is 0 Å². The van der Waals surface area contributed by atoms with Gasteiger partial charge in [-0.15, -0.1) is 0 Å². The average molecular weight is 397 g/mol. The number of aryl methyl sites for hydroxylation is 2. The minimum Gasteiger partial charge on any atom is -0.391 e. The summed E-state index contributed by atoms with van der Waals surface area (Å²) >= 11 is 0. The quantitative estimate of drug-likeness (QED) is 0.799. The molecule has 0 radical (unpaired) electrons. The fourth-order valence-corrected chi connectivity index (χ4v) is 5.06. The summed E-state index contributed by atoms with van der Waals surface area (Å²) in [6.07, 6.45) is -0.406. The molecule has 2 amide bonds. The van der Waals surface area contributed by atoms with E-state index in [0.29, 0.717) is 25.4 Å². The number of nitrogens with zero attached hydrogens (tertiary/aromatic N) is 2. The zero-order chi connectivity index (χ0) is 20.8. The van der Waals surface area contributed by atoms with Gasteiger partial charge < -0.3 is 19.8 Å². The number of aliphatic hydroxyl groups excluding tert-OH is 1. The second-order valence-electron chi connectivity index (χ2n) is 8.31. The number of carbonyl (C=O) groups is 2. The van der Waals surface area contributed by atoms with Crippen molar-refractivity contribution in [2.45, 2.75) is 39.2 Å². The van der Waals surface area contributed by atoms with Gasteiger partial charge in [0.05, 0.1) is 18.2 Å². The molecule has 2 N–H and O–H groups in total. The third kappa shape index (κ3) is 3.33. The molecule has 2 heterocycles. The third-order valence-electron chi connectivity index (χ3n) is 6.63. The van der Waals surface area contributed by atoms with Crippen LogP contribution in [0.15, 0.2) is 34.9 Å². The van der Waals surface area contributed by atoms with Gasteiger partial charge in [0.15, 0.2) is 0 Å². The highest BCUT2D eigenvalue weighted by molar-refractivity contribution is 5.80. The van der Waals surface area contributed by atoms with E-state index in [1.165, 1.54) is 6.92 Å². The Kier molecular flexibility index (Phi) is 4.94. The molecule has 1 aromatic heterocycles. The summed E-state index contributed by atoms with van der Waals surface area (Å²) < 4.78 is 5.17. The summed E-state index contributed by atoms with van der Waals surface area (Å²) in [5.74, 6) is 0.746. The number of carbonyl (C=O) groups excluding carboxylic acids is 2. The van der Waals surface area contributed by atoms with Gasteiger partial charge in [0, 0.05) is 37.5 Å². The van der Waals surface area contributed by atoms with Crippen LogP contribution in [-0.4, -0.2) is 52.7 Å². The Morgan fingerprint density at radius 1 is 1.31 bits per heavy atom. The maximum absolute atomic E-state index is 13.0. The van der Waals surface area contributed by atoms with Crippen LogP contribution in [0.4, 0.5) is 0 Å². The molecule has 154 valence electrons. The van der Waals surface area contributed by atoms with Gasteiger partial charge in [0.1, 0.15) is 5.76 Å². The fraction of sp³-hybridized carbons (Fsp3) is 0.500. The van der Waals surface area contributed by atoms with E-state index in [4.69, 9.17) is 4.52 Å². The number of hydrogen-bond donors (Lipinski definition) is 2. The first-order valence-corrected chi connectivity index (χ1v) is 10.0. The monoisotopic (exact) mass is 397 g/mol. The largest absolute Gasteiger partial charge is 0.391 e. The standard InChI is InChI=1S/C22H27N3O4/c1-13-17(14(2)29-24-13)9-20(28)25-11-19(27)22(12-25)18(10-23-15(3)26)21(22)16-7-5-4-6-8-16/h4-8,18-19,21,27H,9-12H2,1-3H3,(H,23,26)/t18-,19+,21-,22-/m1/s1. The van der Waals surface area contributed by atoms with Gasteiger partial charge in [-0.25, -0.2) is 0 Å². The Bertz CT molecular complexity index is 906. The molecular weight excluding hydrogens is 370 g/mol. The normalized spacial score (nSPS) is 28.0. The van der Waals surface area contributed by atoms with Crippen molar-refractivity contribution in [3.63, 3.8) is 0 Å². The molecule has 4 atom stereocenters. The number of aromatic nitrogens is 1. The van der Waals surface area contributed by atoms with Gasteiger partial charge in [-0.3, -0.25) is 9.59 Å². The van der Waals surface area contributed by atoms with E-state index in [-0.39, 0.29) is 30.1 Å². The van der Waals surface area contributed by atoms with E-state index in [1.54, 1.807) is 11.8 Å². The van der Waals surface area contributed by atoms with Crippen molar-refractivity contribution in [1.82, 2.24) is 15.4 Å². The Morgan fingerprint density at radius 3 is 2.66 bits per heavy atom. The average Bonchev–Trinajstić information content (AvgIpc) is 3.06. The maximum atomic E-state index is 13.0. The highest BCUT2D eigenvalue weighted by Crippen LogP contribution is 2.68. The summed E-state index contributed by atoms with van der Waals surface area (Å²) in [4.78, 5) is 26.2. The van der Waals surface area contributed by atoms with Crippen LogP contribution in [0, 0.1) is 25.2 Å². The summed E-state index contributed by atoms with van der Waals surface area (Å²) in [5, 5.41) is 17.8. The first-order chi connectivity index (χ1) is 13.8. The summed E-state index contributed by atoms with van der Waals surface area (Å²) in [6.45, 7) is 6.42. The predicted octanol–water partition coefficient (Wildman–Crippen LogP) is 1.57. The molecule has 4 rings (SSSR count). The molecular formula is C22H27N3O4. The van der Waals surface area contributed by atoms with Crippen LogP contribution >= 0.6 is 0 Å². The lowest BCUT2D eigenvalue weighted by molar-refractivity contribution is -0.130. The van der Waals surface area contributed by atoms with Crippen LogP contribution in [0.3, 0.4) is 0 Å². The number of aliphatic hydroxyl groups is 1. The van der Waals surface area contributed by atoms with Gasteiger partial charge in [-0.1, -0.05) is 35.5 Å². The van der Waals surface area contributed by atoms with Crippen LogP contribution in [0.1, 0.15) is 35.4 Å². The smallest absolute Gasteiger partial charge is 0.227 e. The minimum absolute atomic E-state index is 0.0349. The number of amides is 2. The lowest BCUT2D eigenvalue weighted by Crippen LogP contribution is -2.31. The second-order valence-corrected chi connectivity index (χ2v) is 8.31. The lowest BCUT2D eigenvalue weighted by Gasteiger charge is -2.17. The Labute approximate surface area is 170 Å². The van der Waals surface area contributed by atoms with Crippen LogP contribution in [0.5, 0.6) is 0 Å². The molecule has 1 spiro atoms. The van der Waals surface area contributed by atoms with E-state index in [0.717, 1.165) is 16.8 Å². The van der Waals surface area contributed by atoms with Crippen LogP contribution in [-0.2, 0) is 16.0 Å². The predicted molar refractivity (Wildman–Crippen MR) is 106 cm³/mol.